The highest BCUT2D eigenvalue weighted by atomic mass is 32.2. The standard InChI is InChI=1S/C36H52O6S/c1-9-10-17-43-20-23-28(39)29(40)32(4,21-37)25-11-12-33(5)26(35(23,25)7)18-24(38)27-22-19-31(2,3)13-15-36(22,30(41)42-8)16-14-34(27,33)6/h18,20,22,25,27,37H,9-17,19,21H2,1-8H3/b23-20+/t22-,25-,27-,32+,33+,34+,35-,36-/m0/s1. The molecule has 1 N–H and O–H groups in total. The number of methoxy groups -OCH3 is 1. The number of aliphatic hydroxyl groups excluding tert-OH is 1. The minimum absolute atomic E-state index is 0.0139. The number of aliphatic hydroxyl groups is 1. The first-order chi connectivity index (χ1) is 20.0. The van der Waals surface area contributed by atoms with E-state index >= 15 is 0 Å². The number of hydrogen-bond donors (Lipinski definition) is 1. The lowest BCUT2D eigenvalue weighted by atomic mass is 9.33. The van der Waals surface area contributed by atoms with Crippen LogP contribution in [0.3, 0.4) is 0 Å². The molecule has 6 nitrogen and oxygen atoms in total. The van der Waals surface area contributed by atoms with Gasteiger partial charge in [0.05, 0.1) is 24.5 Å². The normalized spacial score (nSPS) is 44.6. The van der Waals surface area contributed by atoms with Gasteiger partial charge in [0.15, 0.2) is 5.78 Å². The largest absolute Gasteiger partial charge is 0.469 e. The first-order valence-corrected chi connectivity index (χ1v) is 17.5. The molecular formula is C36H52O6S. The zero-order valence-electron chi connectivity index (χ0n) is 27.6. The van der Waals surface area contributed by atoms with Crippen LogP contribution in [0.2, 0.25) is 0 Å². The molecule has 8 atom stereocenters. The number of unbranched alkanes of at least 4 members (excludes halogenated alkanes) is 1. The summed E-state index contributed by atoms with van der Waals surface area (Å²) in [6, 6.07) is 0. The quantitative estimate of drug-likeness (QED) is 0.151. The maximum Gasteiger partial charge on any atom is 0.312 e. The average Bonchev–Trinajstić information content (AvgIpc) is 2.96. The van der Waals surface area contributed by atoms with Gasteiger partial charge in [0.2, 0.25) is 11.6 Å². The van der Waals surface area contributed by atoms with Crippen molar-refractivity contribution in [3.63, 3.8) is 0 Å². The molecule has 0 saturated heterocycles. The maximum absolute atomic E-state index is 14.7. The van der Waals surface area contributed by atoms with Crippen LogP contribution in [0.5, 0.6) is 0 Å². The molecule has 0 heterocycles. The van der Waals surface area contributed by atoms with Crippen LogP contribution >= 0.6 is 11.8 Å². The molecule has 0 aromatic rings. The van der Waals surface area contributed by atoms with Crippen molar-refractivity contribution in [1.82, 2.24) is 0 Å². The summed E-state index contributed by atoms with van der Waals surface area (Å²) < 4.78 is 5.44. The zero-order chi connectivity index (χ0) is 31.8. The minimum Gasteiger partial charge on any atom is -0.469 e. The maximum atomic E-state index is 14.7. The predicted molar refractivity (Wildman–Crippen MR) is 169 cm³/mol. The lowest BCUT2D eigenvalue weighted by molar-refractivity contribution is -0.192. The van der Waals surface area contributed by atoms with E-state index in [-0.39, 0.29) is 34.9 Å². The fourth-order valence-corrected chi connectivity index (χ4v) is 11.8. The molecule has 0 aromatic carbocycles. The van der Waals surface area contributed by atoms with Crippen LogP contribution in [0.15, 0.2) is 22.6 Å². The fraction of sp³-hybridized carbons (Fsp3) is 0.778. The van der Waals surface area contributed by atoms with Gasteiger partial charge in [0.1, 0.15) is 0 Å². The fourth-order valence-electron chi connectivity index (χ4n) is 10.7. The Labute approximate surface area is 262 Å². The molecule has 7 heteroatoms. The van der Waals surface area contributed by atoms with Crippen LogP contribution in [0.4, 0.5) is 0 Å². The van der Waals surface area contributed by atoms with Crippen LogP contribution in [0, 0.1) is 50.2 Å². The molecule has 0 amide bonds. The summed E-state index contributed by atoms with van der Waals surface area (Å²) in [5.74, 6) is -1.07. The Balaban J connectivity index is 1.70. The van der Waals surface area contributed by atoms with E-state index in [4.69, 9.17) is 4.74 Å². The molecule has 0 radical (unpaired) electrons. The molecular weight excluding hydrogens is 560 g/mol. The summed E-state index contributed by atoms with van der Waals surface area (Å²) >= 11 is 1.57. The van der Waals surface area contributed by atoms with Gasteiger partial charge in [-0.05, 0) is 109 Å². The predicted octanol–water partition coefficient (Wildman–Crippen LogP) is 6.89. The number of hydrogen-bond acceptors (Lipinski definition) is 7. The SMILES string of the molecule is CCCCS/C=C1\C(=O)C(=O)[C@](C)(CO)[C@@H]2CC[C@]3(C)C(=CC(=O)[C@@H]4[C@@H]5CC(C)(C)CC[C@]5(C(=O)OC)CC[C@]43C)[C@@]12C. The Hall–Kier alpha value is -1.73. The van der Waals surface area contributed by atoms with Crippen LogP contribution in [0.25, 0.3) is 0 Å². The van der Waals surface area contributed by atoms with Gasteiger partial charge in [-0.3, -0.25) is 19.2 Å². The van der Waals surface area contributed by atoms with Crippen molar-refractivity contribution in [3.05, 3.63) is 22.6 Å². The van der Waals surface area contributed by atoms with Crippen molar-refractivity contribution in [2.45, 2.75) is 106 Å². The second kappa shape index (κ2) is 10.7. The lowest BCUT2D eigenvalue weighted by Crippen LogP contribution is -2.67. The first-order valence-electron chi connectivity index (χ1n) is 16.4. The van der Waals surface area contributed by atoms with E-state index < -0.39 is 45.2 Å². The smallest absolute Gasteiger partial charge is 0.312 e. The van der Waals surface area contributed by atoms with Crippen LogP contribution in [-0.2, 0) is 23.9 Å². The number of allylic oxidation sites excluding steroid dienone is 3. The van der Waals surface area contributed by atoms with Gasteiger partial charge < -0.3 is 9.84 Å². The third kappa shape index (κ3) is 4.29. The molecule has 5 aliphatic carbocycles. The summed E-state index contributed by atoms with van der Waals surface area (Å²) in [7, 11) is 1.47. The summed E-state index contributed by atoms with van der Waals surface area (Å²) in [5.41, 5.74) is -2.13. The van der Waals surface area contributed by atoms with Crippen LogP contribution in [-0.4, -0.2) is 47.9 Å². The van der Waals surface area contributed by atoms with Crippen LogP contribution in [0.1, 0.15) is 106 Å². The van der Waals surface area contributed by atoms with Gasteiger partial charge in [-0.15, -0.1) is 11.8 Å². The van der Waals surface area contributed by atoms with E-state index in [2.05, 4.69) is 41.5 Å². The van der Waals surface area contributed by atoms with Gasteiger partial charge >= 0.3 is 5.97 Å². The minimum atomic E-state index is -1.21. The zero-order valence-corrected chi connectivity index (χ0v) is 28.4. The van der Waals surface area contributed by atoms with Crippen molar-refractivity contribution < 1.29 is 29.0 Å². The van der Waals surface area contributed by atoms with Crippen molar-refractivity contribution in [1.29, 1.82) is 0 Å². The van der Waals surface area contributed by atoms with Crippen LogP contribution < -0.4 is 0 Å². The molecule has 0 aromatic heterocycles. The van der Waals surface area contributed by atoms with E-state index in [9.17, 15) is 24.3 Å². The highest BCUT2D eigenvalue weighted by Crippen LogP contribution is 2.75. The van der Waals surface area contributed by atoms with Crippen molar-refractivity contribution >= 4 is 35.1 Å². The average molecular weight is 613 g/mol. The molecule has 4 fully saturated rings. The number of carbonyl (C=O) groups is 4. The Morgan fingerprint density at radius 3 is 2.35 bits per heavy atom. The van der Waals surface area contributed by atoms with E-state index in [1.165, 1.54) is 7.11 Å². The van der Waals surface area contributed by atoms with E-state index in [1.54, 1.807) is 18.7 Å². The summed E-state index contributed by atoms with van der Waals surface area (Å²) in [6.07, 6.45) is 9.16. The number of fused-ring (bicyclic) bond motifs is 7. The number of rotatable bonds is 6. The van der Waals surface area contributed by atoms with Gasteiger partial charge in [-0.2, -0.15) is 0 Å². The van der Waals surface area contributed by atoms with Crippen molar-refractivity contribution in [2.75, 3.05) is 19.5 Å². The Morgan fingerprint density at radius 2 is 1.72 bits per heavy atom. The van der Waals surface area contributed by atoms with E-state index in [0.717, 1.165) is 56.3 Å². The number of esters is 1. The molecule has 5 rings (SSSR count). The van der Waals surface area contributed by atoms with Gasteiger partial charge in [0.25, 0.3) is 0 Å². The molecule has 4 saturated carbocycles. The van der Waals surface area contributed by atoms with Gasteiger partial charge in [-0.1, -0.05) is 48.0 Å². The number of ketones is 3. The molecule has 5 aliphatic rings. The van der Waals surface area contributed by atoms with E-state index in [1.807, 2.05) is 11.5 Å². The third-order valence-corrected chi connectivity index (χ3v) is 14.5. The monoisotopic (exact) mass is 612 g/mol. The Bertz CT molecular complexity index is 1300. The lowest BCUT2D eigenvalue weighted by Gasteiger charge is -2.69. The molecule has 43 heavy (non-hydrogen) atoms. The topological polar surface area (TPSA) is 97.7 Å². The highest BCUT2D eigenvalue weighted by molar-refractivity contribution is 8.02. The Morgan fingerprint density at radius 1 is 1.05 bits per heavy atom. The first kappa shape index (κ1) is 32.7. The second-order valence-corrected chi connectivity index (χ2v) is 17.1. The molecule has 0 aliphatic heterocycles. The number of carbonyl (C=O) groups excluding carboxylic acids is 4. The number of thioether (sulfide) groups is 1. The molecule has 0 unspecified atom stereocenters. The molecule has 0 spiro atoms. The second-order valence-electron chi connectivity index (χ2n) is 16.1. The number of ether oxygens (including phenoxy) is 1. The number of Topliss-reactive ketones (excluding diaryl/α,β-unsaturated/α-hetero) is 2. The molecule has 238 valence electrons. The summed E-state index contributed by atoms with van der Waals surface area (Å²) in [5, 5.41) is 12.5. The Kier molecular flexibility index (Phi) is 8.11. The van der Waals surface area contributed by atoms with Gasteiger partial charge in [0, 0.05) is 16.9 Å². The summed E-state index contributed by atoms with van der Waals surface area (Å²) in [6.45, 7) is 14.6. The van der Waals surface area contributed by atoms with E-state index in [0.29, 0.717) is 18.4 Å². The van der Waals surface area contributed by atoms with Crippen molar-refractivity contribution in [2.24, 2.45) is 50.2 Å². The highest BCUT2D eigenvalue weighted by Gasteiger charge is 2.73. The van der Waals surface area contributed by atoms with Crippen molar-refractivity contribution in [3.8, 4) is 0 Å². The summed E-state index contributed by atoms with van der Waals surface area (Å²) in [4.78, 5) is 55.8. The molecule has 0 bridgehead atoms. The van der Waals surface area contributed by atoms with Gasteiger partial charge in [-0.25, -0.2) is 0 Å². The third-order valence-electron chi connectivity index (χ3n) is 13.6.